The molecule has 0 spiro atoms. The maximum Gasteiger partial charge on any atom is 0.356 e. The Morgan fingerprint density at radius 3 is 2.57 bits per heavy atom. The number of nitrogens with zero attached hydrogens (tertiary/aromatic N) is 1. The molecule has 0 radical (unpaired) electrons. The van der Waals surface area contributed by atoms with Gasteiger partial charge in [0.15, 0.2) is 0 Å². The Bertz CT molecular complexity index is 391. The van der Waals surface area contributed by atoms with Crippen molar-refractivity contribution in [3.63, 3.8) is 0 Å². The van der Waals surface area contributed by atoms with Crippen LogP contribution in [0.2, 0.25) is 5.15 Å². The highest BCUT2D eigenvalue weighted by Gasteiger charge is 2.14. The number of pyridine rings is 1. The third kappa shape index (κ3) is 2.00. The average molecular weight is 216 g/mol. The molecule has 1 aromatic heterocycles. The Balaban J connectivity index is 3.12. The zero-order valence-corrected chi connectivity index (χ0v) is 7.91. The van der Waals surface area contributed by atoms with E-state index in [1.165, 1.54) is 19.2 Å². The van der Waals surface area contributed by atoms with Crippen LogP contribution in [0.3, 0.4) is 0 Å². The summed E-state index contributed by atoms with van der Waals surface area (Å²) in [6.45, 7) is 0. The minimum Gasteiger partial charge on any atom is -0.478 e. The molecular weight excluding hydrogens is 210 g/mol. The summed E-state index contributed by atoms with van der Waals surface area (Å²) in [5, 5.41) is 8.38. The van der Waals surface area contributed by atoms with Gasteiger partial charge in [0.1, 0.15) is 10.8 Å². The summed E-state index contributed by atoms with van der Waals surface area (Å²) in [5.41, 5.74) is -0.179. The van der Waals surface area contributed by atoms with Gasteiger partial charge in [0, 0.05) is 0 Å². The van der Waals surface area contributed by atoms with E-state index >= 15 is 0 Å². The van der Waals surface area contributed by atoms with E-state index in [1.807, 2.05) is 0 Å². The highest BCUT2D eigenvalue weighted by Crippen LogP contribution is 2.14. The number of methoxy groups -OCH3 is 1. The molecule has 1 rings (SSSR count). The number of hydrogen-bond donors (Lipinski definition) is 1. The van der Waals surface area contributed by atoms with Crippen LogP contribution >= 0.6 is 11.6 Å². The minimum absolute atomic E-state index is 0.0255. The number of carbonyl (C=O) groups is 2. The van der Waals surface area contributed by atoms with E-state index < -0.39 is 11.9 Å². The van der Waals surface area contributed by atoms with Gasteiger partial charge in [-0.1, -0.05) is 11.6 Å². The third-order valence-electron chi connectivity index (χ3n) is 1.47. The first-order valence-corrected chi connectivity index (χ1v) is 3.92. The summed E-state index contributed by atoms with van der Waals surface area (Å²) in [6.07, 6.45) is 0. The summed E-state index contributed by atoms with van der Waals surface area (Å²) >= 11 is 5.53. The molecule has 0 aromatic carbocycles. The summed E-state index contributed by atoms with van der Waals surface area (Å²) in [6, 6.07) is 2.44. The lowest BCUT2D eigenvalue weighted by Crippen LogP contribution is -2.07. The number of carboxylic acids is 1. The first-order chi connectivity index (χ1) is 6.56. The Hall–Kier alpha value is -1.62. The third-order valence-corrected chi connectivity index (χ3v) is 1.76. The molecule has 6 heteroatoms. The number of aromatic carboxylic acids is 1. The van der Waals surface area contributed by atoms with Gasteiger partial charge in [0.2, 0.25) is 0 Å². The average Bonchev–Trinajstić information content (AvgIpc) is 2.15. The molecule has 1 aromatic rings. The van der Waals surface area contributed by atoms with E-state index in [-0.39, 0.29) is 16.4 Å². The standard InChI is InChI=1S/C8H6ClNO4/c1-14-8(13)5-3-2-4(7(11)12)6(9)10-5/h2-3H,1H3,(H,11,12). The molecule has 0 unspecified atom stereocenters. The van der Waals surface area contributed by atoms with Gasteiger partial charge in [-0.25, -0.2) is 14.6 Å². The largest absolute Gasteiger partial charge is 0.478 e. The molecule has 74 valence electrons. The molecule has 14 heavy (non-hydrogen) atoms. The summed E-state index contributed by atoms with van der Waals surface area (Å²) < 4.78 is 4.38. The molecule has 1 N–H and O–H groups in total. The maximum absolute atomic E-state index is 11.0. The molecule has 0 saturated heterocycles. The molecule has 0 aliphatic carbocycles. The van der Waals surface area contributed by atoms with E-state index in [0.29, 0.717) is 0 Å². The van der Waals surface area contributed by atoms with Crippen molar-refractivity contribution in [3.05, 3.63) is 28.5 Å². The van der Waals surface area contributed by atoms with Crippen molar-refractivity contribution in [2.45, 2.75) is 0 Å². The number of hydrogen-bond acceptors (Lipinski definition) is 4. The summed E-state index contributed by atoms with van der Waals surface area (Å²) in [4.78, 5) is 25.1. The zero-order valence-electron chi connectivity index (χ0n) is 7.15. The van der Waals surface area contributed by atoms with Gasteiger partial charge in [-0.05, 0) is 12.1 Å². The number of carboxylic acid groups (broad SMARTS) is 1. The predicted molar refractivity (Wildman–Crippen MR) is 47.5 cm³/mol. The van der Waals surface area contributed by atoms with E-state index in [1.54, 1.807) is 0 Å². The van der Waals surface area contributed by atoms with Crippen LogP contribution in [0.1, 0.15) is 20.8 Å². The fourth-order valence-corrected chi connectivity index (χ4v) is 1.05. The minimum atomic E-state index is -1.20. The van der Waals surface area contributed by atoms with E-state index in [0.717, 1.165) is 0 Å². The van der Waals surface area contributed by atoms with Crippen molar-refractivity contribution in [3.8, 4) is 0 Å². The number of esters is 1. The predicted octanol–water partition coefficient (Wildman–Crippen LogP) is 1.22. The van der Waals surface area contributed by atoms with Crippen LogP contribution in [0.25, 0.3) is 0 Å². The van der Waals surface area contributed by atoms with Gasteiger partial charge in [0.25, 0.3) is 0 Å². The first kappa shape index (κ1) is 10.5. The molecule has 1 heterocycles. The highest BCUT2D eigenvalue weighted by molar-refractivity contribution is 6.32. The van der Waals surface area contributed by atoms with Gasteiger partial charge < -0.3 is 9.84 Å². The zero-order chi connectivity index (χ0) is 10.7. The fraction of sp³-hybridized carbons (Fsp3) is 0.125. The van der Waals surface area contributed by atoms with Crippen molar-refractivity contribution in [2.75, 3.05) is 7.11 Å². The van der Waals surface area contributed by atoms with Crippen LogP contribution in [0.4, 0.5) is 0 Å². The van der Waals surface area contributed by atoms with Gasteiger partial charge in [-0.3, -0.25) is 0 Å². The van der Waals surface area contributed by atoms with Crippen molar-refractivity contribution in [1.82, 2.24) is 4.98 Å². The number of carbonyl (C=O) groups excluding carboxylic acids is 1. The molecule has 5 nitrogen and oxygen atoms in total. The lowest BCUT2D eigenvalue weighted by molar-refractivity contribution is 0.0591. The Morgan fingerprint density at radius 2 is 2.14 bits per heavy atom. The second-order valence-electron chi connectivity index (χ2n) is 2.33. The number of rotatable bonds is 2. The van der Waals surface area contributed by atoms with Crippen LogP contribution in [-0.2, 0) is 4.74 Å². The number of aromatic nitrogens is 1. The molecule has 0 amide bonds. The van der Waals surface area contributed by atoms with Crippen molar-refractivity contribution < 1.29 is 19.4 Å². The van der Waals surface area contributed by atoms with Crippen LogP contribution in [-0.4, -0.2) is 29.1 Å². The van der Waals surface area contributed by atoms with Crippen LogP contribution < -0.4 is 0 Å². The second kappa shape index (κ2) is 4.06. The lowest BCUT2D eigenvalue weighted by atomic mass is 10.2. The van der Waals surface area contributed by atoms with E-state index in [4.69, 9.17) is 16.7 Å². The molecule has 0 aliphatic rings. The van der Waals surface area contributed by atoms with E-state index in [9.17, 15) is 9.59 Å². The van der Waals surface area contributed by atoms with Gasteiger partial charge in [0.05, 0.1) is 12.7 Å². The molecule has 0 fully saturated rings. The van der Waals surface area contributed by atoms with Crippen LogP contribution in [0.15, 0.2) is 12.1 Å². The topological polar surface area (TPSA) is 76.5 Å². The summed E-state index contributed by atoms with van der Waals surface area (Å²) in [5.74, 6) is -1.86. The molecular formula is C8H6ClNO4. The van der Waals surface area contributed by atoms with Gasteiger partial charge >= 0.3 is 11.9 Å². The smallest absolute Gasteiger partial charge is 0.356 e. The lowest BCUT2D eigenvalue weighted by Gasteiger charge is -2.00. The molecule has 0 aliphatic heterocycles. The van der Waals surface area contributed by atoms with Gasteiger partial charge in [-0.15, -0.1) is 0 Å². The molecule has 0 atom stereocenters. The summed E-state index contributed by atoms with van der Waals surface area (Å²) in [7, 11) is 1.20. The Morgan fingerprint density at radius 1 is 1.50 bits per heavy atom. The number of halogens is 1. The highest BCUT2D eigenvalue weighted by atomic mass is 35.5. The Labute approximate surface area is 84.3 Å². The monoisotopic (exact) mass is 215 g/mol. The second-order valence-corrected chi connectivity index (χ2v) is 2.69. The van der Waals surface area contributed by atoms with Crippen molar-refractivity contribution in [1.29, 1.82) is 0 Å². The van der Waals surface area contributed by atoms with Gasteiger partial charge in [-0.2, -0.15) is 0 Å². The normalized spacial score (nSPS) is 9.57. The van der Waals surface area contributed by atoms with E-state index in [2.05, 4.69) is 9.72 Å². The molecule has 0 saturated carbocycles. The Kier molecular flexibility index (Phi) is 3.03. The SMILES string of the molecule is COC(=O)c1ccc(C(=O)O)c(Cl)n1. The van der Waals surface area contributed by atoms with Crippen molar-refractivity contribution >= 4 is 23.5 Å². The first-order valence-electron chi connectivity index (χ1n) is 3.54. The van der Waals surface area contributed by atoms with Crippen molar-refractivity contribution in [2.24, 2.45) is 0 Å². The number of ether oxygens (including phenoxy) is 1. The molecule has 0 bridgehead atoms. The van der Waals surface area contributed by atoms with Crippen LogP contribution in [0.5, 0.6) is 0 Å². The maximum atomic E-state index is 11.0. The quantitative estimate of drug-likeness (QED) is 0.593. The van der Waals surface area contributed by atoms with Crippen LogP contribution in [0, 0.1) is 0 Å². The fourth-order valence-electron chi connectivity index (χ4n) is 0.812.